The quantitative estimate of drug-likeness (QED) is 0.701. The van der Waals surface area contributed by atoms with Crippen molar-refractivity contribution >= 4 is 39.2 Å². The van der Waals surface area contributed by atoms with Crippen molar-refractivity contribution in [2.75, 3.05) is 12.0 Å². The van der Waals surface area contributed by atoms with E-state index in [1.54, 1.807) is 42.1 Å². The van der Waals surface area contributed by atoms with Gasteiger partial charge in [-0.25, -0.2) is 4.39 Å². The summed E-state index contributed by atoms with van der Waals surface area (Å²) >= 11 is 2.99. The third kappa shape index (κ3) is 3.81. The first-order valence-corrected chi connectivity index (χ1v) is 9.70. The topological polar surface area (TPSA) is 58.1 Å². The van der Waals surface area contributed by atoms with Crippen LogP contribution in [0.25, 0.3) is 10.2 Å². The Hall–Kier alpha value is -2.43. The SMILES string of the molecule is CSCCn1c(=NC(=O)c2ccc(C#N)cc2)sc2cc(F)ccc21. The van der Waals surface area contributed by atoms with Crippen LogP contribution in [0.3, 0.4) is 0 Å². The molecule has 0 atom stereocenters. The number of hydrogen-bond donors (Lipinski definition) is 0. The summed E-state index contributed by atoms with van der Waals surface area (Å²) < 4.78 is 16.2. The van der Waals surface area contributed by atoms with Crippen LogP contribution in [-0.4, -0.2) is 22.5 Å². The molecule has 0 aliphatic rings. The number of aromatic nitrogens is 1. The van der Waals surface area contributed by atoms with E-state index in [0.29, 0.717) is 22.5 Å². The highest BCUT2D eigenvalue weighted by Crippen LogP contribution is 2.19. The van der Waals surface area contributed by atoms with Gasteiger partial charge in [0.05, 0.1) is 21.8 Å². The number of thiazole rings is 1. The molecule has 0 saturated heterocycles. The van der Waals surface area contributed by atoms with Gasteiger partial charge in [0.1, 0.15) is 5.82 Å². The Morgan fingerprint density at radius 2 is 2.08 bits per heavy atom. The summed E-state index contributed by atoms with van der Waals surface area (Å²) in [4.78, 5) is 17.2. The fourth-order valence-corrected chi connectivity index (χ4v) is 3.81. The Labute approximate surface area is 152 Å². The monoisotopic (exact) mass is 371 g/mol. The van der Waals surface area contributed by atoms with Crippen LogP contribution in [0.4, 0.5) is 4.39 Å². The number of carbonyl (C=O) groups excluding carboxylic acids is 1. The molecule has 0 aliphatic heterocycles. The van der Waals surface area contributed by atoms with E-state index in [0.717, 1.165) is 16.0 Å². The van der Waals surface area contributed by atoms with Crippen molar-refractivity contribution in [3.05, 3.63) is 64.2 Å². The first kappa shape index (κ1) is 17.4. The molecule has 1 amide bonds. The second kappa shape index (κ2) is 7.64. The molecule has 0 unspecified atom stereocenters. The van der Waals surface area contributed by atoms with E-state index in [4.69, 9.17) is 5.26 Å². The predicted molar refractivity (Wildman–Crippen MR) is 99.2 cm³/mol. The first-order chi connectivity index (χ1) is 12.1. The van der Waals surface area contributed by atoms with E-state index in [1.807, 2.05) is 16.9 Å². The van der Waals surface area contributed by atoms with Gasteiger partial charge in [0.2, 0.25) is 0 Å². The van der Waals surface area contributed by atoms with E-state index in [2.05, 4.69) is 4.99 Å². The summed E-state index contributed by atoms with van der Waals surface area (Å²) in [6.07, 6.45) is 2.01. The average Bonchev–Trinajstić information content (AvgIpc) is 2.95. The largest absolute Gasteiger partial charge is 0.316 e. The fraction of sp³-hybridized carbons (Fsp3) is 0.167. The number of hydrogen-bond acceptors (Lipinski definition) is 4. The molecular formula is C18H14FN3OS2. The molecule has 0 aliphatic carbocycles. The summed E-state index contributed by atoms with van der Waals surface area (Å²) in [5.41, 5.74) is 1.77. The Balaban J connectivity index is 2.07. The zero-order chi connectivity index (χ0) is 17.8. The number of carbonyl (C=O) groups is 1. The molecule has 3 aromatic rings. The van der Waals surface area contributed by atoms with E-state index in [9.17, 15) is 9.18 Å². The van der Waals surface area contributed by atoms with Crippen molar-refractivity contribution in [2.45, 2.75) is 6.54 Å². The van der Waals surface area contributed by atoms with E-state index < -0.39 is 0 Å². The predicted octanol–water partition coefficient (Wildman–Crippen LogP) is 3.82. The maximum Gasteiger partial charge on any atom is 0.279 e. The van der Waals surface area contributed by atoms with Gasteiger partial charge in [0.25, 0.3) is 5.91 Å². The van der Waals surface area contributed by atoms with E-state index in [-0.39, 0.29) is 11.7 Å². The lowest BCUT2D eigenvalue weighted by atomic mass is 10.1. The molecule has 126 valence electrons. The zero-order valence-corrected chi connectivity index (χ0v) is 15.0. The Morgan fingerprint density at radius 3 is 2.76 bits per heavy atom. The molecule has 4 nitrogen and oxygen atoms in total. The van der Waals surface area contributed by atoms with Gasteiger partial charge >= 0.3 is 0 Å². The fourth-order valence-electron chi connectivity index (χ4n) is 2.37. The highest BCUT2D eigenvalue weighted by atomic mass is 32.2. The molecule has 7 heteroatoms. The van der Waals surface area contributed by atoms with Gasteiger partial charge in [-0.15, -0.1) is 0 Å². The highest BCUT2D eigenvalue weighted by Gasteiger charge is 2.10. The zero-order valence-electron chi connectivity index (χ0n) is 13.4. The van der Waals surface area contributed by atoms with Gasteiger partial charge in [-0.3, -0.25) is 4.79 Å². The molecule has 0 saturated carbocycles. The van der Waals surface area contributed by atoms with Gasteiger partial charge in [-0.2, -0.15) is 22.0 Å². The maximum absolute atomic E-state index is 13.5. The van der Waals surface area contributed by atoms with Crippen LogP contribution in [0, 0.1) is 17.1 Å². The van der Waals surface area contributed by atoms with Gasteiger partial charge in [-0.05, 0) is 48.7 Å². The van der Waals surface area contributed by atoms with Crippen molar-refractivity contribution < 1.29 is 9.18 Å². The molecule has 1 heterocycles. The average molecular weight is 371 g/mol. The summed E-state index contributed by atoms with van der Waals surface area (Å²) in [5, 5.41) is 8.83. The molecule has 0 N–H and O–H groups in total. The lowest BCUT2D eigenvalue weighted by Crippen LogP contribution is -2.18. The third-order valence-corrected chi connectivity index (χ3v) is 5.25. The number of nitriles is 1. The van der Waals surface area contributed by atoms with Crippen molar-refractivity contribution in [3.63, 3.8) is 0 Å². The van der Waals surface area contributed by atoms with Crippen molar-refractivity contribution in [1.82, 2.24) is 4.57 Å². The van der Waals surface area contributed by atoms with Crippen molar-refractivity contribution in [1.29, 1.82) is 5.26 Å². The minimum absolute atomic E-state index is 0.310. The summed E-state index contributed by atoms with van der Waals surface area (Å²) in [6.45, 7) is 0.687. The van der Waals surface area contributed by atoms with Crippen LogP contribution in [0.2, 0.25) is 0 Å². The van der Waals surface area contributed by atoms with Gasteiger partial charge in [-0.1, -0.05) is 11.3 Å². The van der Waals surface area contributed by atoms with Crippen LogP contribution in [0.15, 0.2) is 47.5 Å². The van der Waals surface area contributed by atoms with Gasteiger partial charge < -0.3 is 4.57 Å². The number of nitrogens with zero attached hydrogens (tertiary/aromatic N) is 3. The molecular weight excluding hydrogens is 357 g/mol. The Bertz CT molecular complexity index is 1030. The van der Waals surface area contributed by atoms with Gasteiger partial charge in [0.15, 0.2) is 4.80 Å². The van der Waals surface area contributed by atoms with Crippen LogP contribution in [-0.2, 0) is 6.54 Å². The van der Waals surface area contributed by atoms with Crippen molar-refractivity contribution in [3.8, 4) is 6.07 Å². The van der Waals surface area contributed by atoms with E-state index >= 15 is 0 Å². The summed E-state index contributed by atoms with van der Waals surface area (Å²) in [7, 11) is 0. The second-order valence-electron chi connectivity index (χ2n) is 5.25. The molecule has 0 radical (unpaired) electrons. The van der Waals surface area contributed by atoms with Crippen LogP contribution >= 0.6 is 23.1 Å². The summed E-state index contributed by atoms with van der Waals surface area (Å²) in [6, 6.07) is 13.0. The lowest BCUT2D eigenvalue weighted by molar-refractivity contribution is 0.0998. The maximum atomic E-state index is 13.5. The summed E-state index contributed by atoms with van der Waals surface area (Å²) in [5.74, 6) is 0.173. The van der Waals surface area contributed by atoms with Crippen LogP contribution in [0.1, 0.15) is 15.9 Å². The number of benzene rings is 2. The molecule has 3 rings (SSSR count). The highest BCUT2D eigenvalue weighted by molar-refractivity contribution is 7.98. The minimum Gasteiger partial charge on any atom is -0.316 e. The Morgan fingerprint density at radius 1 is 1.32 bits per heavy atom. The molecule has 0 spiro atoms. The normalized spacial score (nSPS) is 11.6. The number of amides is 1. The standard InChI is InChI=1S/C18H14FN3OS2/c1-24-9-8-22-15-7-6-14(19)10-16(15)25-18(22)21-17(23)13-4-2-12(11-20)3-5-13/h2-7,10H,8-9H2,1H3. The number of halogens is 1. The molecule has 1 aromatic heterocycles. The first-order valence-electron chi connectivity index (χ1n) is 7.49. The van der Waals surface area contributed by atoms with Crippen molar-refractivity contribution in [2.24, 2.45) is 4.99 Å². The van der Waals surface area contributed by atoms with Crippen LogP contribution in [0.5, 0.6) is 0 Å². The third-order valence-electron chi connectivity index (χ3n) is 3.62. The van der Waals surface area contributed by atoms with Crippen LogP contribution < -0.4 is 4.80 Å². The van der Waals surface area contributed by atoms with E-state index in [1.165, 1.54) is 23.5 Å². The molecule has 25 heavy (non-hydrogen) atoms. The second-order valence-corrected chi connectivity index (χ2v) is 7.24. The number of fused-ring (bicyclic) bond motifs is 1. The number of aryl methyl sites for hydroxylation is 1. The molecule has 0 fully saturated rings. The lowest BCUT2D eigenvalue weighted by Gasteiger charge is -2.03. The number of rotatable bonds is 4. The van der Waals surface area contributed by atoms with Gasteiger partial charge in [0, 0.05) is 17.9 Å². The minimum atomic E-state index is -0.380. The smallest absolute Gasteiger partial charge is 0.279 e. The Kier molecular flexibility index (Phi) is 5.31. The number of thioether (sulfide) groups is 1. The molecule has 2 aromatic carbocycles. The molecule has 0 bridgehead atoms.